The van der Waals surface area contributed by atoms with E-state index in [9.17, 15) is 4.79 Å². The molecule has 1 saturated heterocycles. The molecule has 1 fully saturated rings. The Balaban J connectivity index is 0.00000144. The SMILES string of the molecule is CC(=O)NC[C@@H]1CNC[C@H]1c1cncn1C.Cl.Cl. The van der Waals surface area contributed by atoms with Gasteiger partial charge >= 0.3 is 0 Å². The normalized spacial score (nSPS) is 21.9. The number of aryl methyl sites for hydroxylation is 1. The molecule has 104 valence electrons. The highest BCUT2D eigenvalue weighted by molar-refractivity contribution is 5.85. The molecular weight excluding hydrogens is 275 g/mol. The minimum atomic E-state index is 0. The number of imidazole rings is 1. The third kappa shape index (κ3) is 3.86. The van der Waals surface area contributed by atoms with E-state index in [1.165, 1.54) is 5.69 Å². The van der Waals surface area contributed by atoms with E-state index in [0.29, 0.717) is 11.8 Å². The van der Waals surface area contributed by atoms with Gasteiger partial charge in [0.05, 0.1) is 6.33 Å². The molecule has 5 nitrogen and oxygen atoms in total. The largest absolute Gasteiger partial charge is 0.356 e. The fraction of sp³-hybridized carbons (Fsp3) is 0.636. The Morgan fingerprint density at radius 3 is 2.83 bits per heavy atom. The predicted molar refractivity (Wildman–Crippen MR) is 75.5 cm³/mol. The molecule has 0 radical (unpaired) electrons. The summed E-state index contributed by atoms with van der Waals surface area (Å²) in [6.45, 7) is 4.21. The lowest BCUT2D eigenvalue weighted by atomic mass is 9.93. The van der Waals surface area contributed by atoms with E-state index in [-0.39, 0.29) is 30.7 Å². The fourth-order valence-corrected chi connectivity index (χ4v) is 2.29. The summed E-state index contributed by atoms with van der Waals surface area (Å²) in [5.41, 5.74) is 1.24. The standard InChI is InChI=1S/C11H18N4O.2ClH/c1-8(16)14-4-9-3-12-5-10(9)11-6-13-7-15(11)2;;/h6-7,9-10,12H,3-5H2,1-2H3,(H,14,16);2*1H/t9-,10+;;/m0../s1. The summed E-state index contributed by atoms with van der Waals surface area (Å²) >= 11 is 0. The van der Waals surface area contributed by atoms with Crippen LogP contribution in [-0.4, -0.2) is 35.1 Å². The number of halogens is 2. The highest BCUT2D eigenvalue weighted by Gasteiger charge is 2.30. The predicted octanol–water partition coefficient (Wildman–Crippen LogP) is 0.703. The second-order valence-electron chi connectivity index (χ2n) is 4.39. The fourth-order valence-electron chi connectivity index (χ4n) is 2.29. The van der Waals surface area contributed by atoms with Gasteiger partial charge in [0.2, 0.25) is 5.91 Å². The molecule has 0 bridgehead atoms. The van der Waals surface area contributed by atoms with Crippen LogP contribution in [0.25, 0.3) is 0 Å². The van der Waals surface area contributed by atoms with Gasteiger partial charge in [0, 0.05) is 51.4 Å². The summed E-state index contributed by atoms with van der Waals surface area (Å²) in [5, 5.41) is 6.26. The van der Waals surface area contributed by atoms with Crippen molar-refractivity contribution in [1.82, 2.24) is 20.2 Å². The van der Waals surface area contributed by atoms with Gasteiger partial charge in [-0.1, -0.05) is 0 Å². The molecule has 0 spiro atoms. The van der Waals surface area contributed by atoms with Crippen LogP contribution >= 0.6 is 24.8 Å². The molecule has 1 aromatic rings. The lowest BCUT2D eigenvalue weighted by molar-refractivity contribution is -0.119. The number of carbonyl (C=O) groups is 1. The minimum absolute atomic E-state index is 0. The van der Waals surface area contributed by atoms with Gasteiger partial charge in [-0.3, -0.25) is 4.79 Å². The molecule has 1 amide bonds. The van der Waals surface area contributed by atoms with Crippen molar-refractivity contribution in [2.24, 2.45) is 13.0 Å². The summed E-state index contributed by atoms with van der Waals surface area (Å²) in [6.07, 6.45) is 3.74. The molecule has 2 rings (SSSR count). The maximum atomic E-state index is 10.9. The maximum absolute atomic E-state index is 10.9. The summed E-state index contributed by atoms with van der Waals surface area (Å²) in [5.74, 6) is 0.939. The van der Waals surface area contributed by atoms with Crippen molar-refractivity contribution in [3.8, 4) is 0 Å². The first-order chi connectivity index (χ1) is 7.68. The van der Waals surface area contributed by atoms with Crippen LogP contribution in [0.3, 0.4) is 0 Å². The second kappa shape index (κ2) is 7.61. The van der Waals surface area contributed by atoms with Gasteiger partial charge < -0.3 is 15.2 Å². The van der Waals surface area contributed by atoms with Crippen molar-refractivity contribution < 1.29 is 4.79 Å². The van der Waals surface area contributed by atoms with Gasteiger partial charge in [-0.2, -0.15) is 0 Å². The number of nitrogens with zero attached hydrogens (tertiary/aromatic N) is 2. The first-order valence-electron chi connectivity index (χ1n) is 5.60. The summed E-state index contributed by atoms with van der Waals surface area (Å²) in [4.78, 5) is 15.1. The zero-order valence-electron chi connectivity index (χ0n) is 10.5. The molecule has 0 aromatic carbocycles. The van der Waals surface area contributed by atoms with Crippen molar-refractivity contribution >= 4 is 30.7 Å². The van der Waals surface area contributed by atoms with Crippen LogP contribution < -0.4 is 10.6 Å². The van der Waals surface area contributed by atoms with E-state index in [1.54, 1.807) is 6.92 Å². The number of aromatic nitrogens is 2. The third-order valence-electron chi connectivity index (χ3n) is 3.19. The highest BCUT2D eigenvalue weighted by Crippen LogP contribution is 2.26. The molecule has 1 aromatic heterocycles. The summed E-state index contributed by atoms with van der Waals surface area (Å²) < 4.78 is 2.05. The number of hydrogen-bond donors (Lipinski definition) is 2. The lowest BCUT2D eigenvalue weighted by Crippen LogP contribution is -2.30. The Morgan fingerprint density at radius 2 is 2.28 bits per heavy atom. The van der Waals surface area contributed by atoms with Crippen LogP contribution in [0.4, 0.5) is 0 Å². The van der Waals surface area contributed by atoms with Gasteiger partial charge in [0.15, 0.2) is 0 Å². The quantitative estimate of drug-likeness (QED) is 0.863. The van der Waals surface area contributed by atoms with E-state index in [2.05, 4.69) is 20.2 Å². The van der Waals surface area contributed by atoms with Gasteiger partial charge in [-0.15, -0.1) is 24.8 Å². The zero-order chi connectivity index (χ0) is 11.5. The Hall–Kier alpha value is -0.780. The third-order valence-corrected chi connectivity index (χ3v) is 3.19. The average Bonchev–Trinajstić information content (AvgIpc) is 2.82. The molecule has 0 saturated carbocycles. The number of carbonyl (C=O) groups excluding carboxylic acids is 1. The van der Waals surface area contributed by atoms with Crippen molar-refractivity contribution in [2.75, 3.05) is 19.6 Å². The van der Waals surface area contributed by atoms with Crippen LogP contribution in [0.1, 0.15) is 18.5 Å². The van der Waals surface area contributed by atoms with E-state index < -0.39 is 0 Å². The first kappa shape index (κ1) is 17.2. The molecule has 7 heteroatoms. The number of nitrogens with one attached hydrogen (secondary N) is 2. The number of rotatable bonds is 3. The topological polar surface area (TPSA) is 59.0 Å². The molecule has 2 N–H and O–H groups in total. The van der Waals surface area contributed by atoms with Gasteiger partial charge in [0.25, 0.3) is 0 Å². The smallest absolute Gasteiger partial charge is 0.216 e. The highest BCUT2D eigenvalue weighted by atomic mass is 35.5. The van der Waals surface area contributed by atoms with Gasteiger partial charge in [-0.05, 0) is 5.92 Å². The Labute approximate surface area is 120 Å². The second-order valence-corrected chi connectivity index (χ2v) is 4.39. The van der Waals surface area contributed by atoms with Crippen LogP contribution in [-0.2, 0) is 11.8 Å². The van der Waals surface area contributed by atoms with Gasteiger partial charge in [-0.25, -0.2) is 4.98 Å². The summed E-state index contributed by atoms with van der Waals surface area (Å²) in [6, 6.07) is 0. The Bertz CT molecular complexity index is 383. The van der Waals surface area contributed by atoms with Crippen LogP contribution in [0.2, 0.25) is 0 Å². The molecule has 1 aliphatic rings. The van der Waals surface area contributed by atoms with Gasteiger partial charge in [0.1, 0.15) is 0 Å². The molecule has 1 aliphatic heterocycles. The number of amides is 1. The first-order valence-corrected chi connectivity index (χ1v) is 5.60. The van der Waals surface area contributed by atoms with Crippen molar-refractivity contribution in [3.05, 3.63) is 18.2 Å². The van der Waals surface area contributed by atoms with E-state index in [0.717, 1.165) is 19.6 Å². The van der Waals surface area contributed by atoms with Crippen LogP contribution in [0.15, 0.2) is 12.5 Å². The van der Waals surface area contributed by atoms with E-state index in [4.69, 9.17) is 0 Å². The lowest BCUT2D eigenvalue weighted by Gasteiger charge is -2.18. The molecule has 2 atom stereocenters. The van der Waals surface area contributed by atoms with Crippen LogP contribution in [0, 0.1) is 5.92 Å². The van der Waals surface area contributed by atoms with Crippen molar-refractivity contribution in [3.63, 3.8) is 0 Å². The van der Waals surface area contributed by atoms with E-state index in [1.807, 2.05) is 19.6 Å². The summed E-state index contributed by atoms with van der Waals surface area (Å²) in [7, 11) is 2.01. The number of hydrogen-bond acceptors (Lipinski definition) is 3. The Morgan fingerprint density at radius 1 is 1.56 bits per heavy atom. The molecule has 18 heavy (non-hydrogen) atoms. The van der Waals surface area contributed by atoms with Crippen LogP contribution in [0.5, 0.6) is 0 Å². The molecule has 2 heterocycles. The average molecular weight is 295 g/mol. The maximum Gasteiger partial charge on any atom is 0.216 e. The molecular formula is C11H20Cl2N4O. The van der Waals surface area contributed by atoms with E-state index >= 15 is 0 Å². The molecule has 0 aliphatic carbocycles. The zero-order valence-corrected chi connectivity index (χ0v) is 12.2. The van der Waals surface area contributed by atoms with Crippen molar-refractivity contribution in [2.45, 2.75) is 12.8 Å². The molecule has 0 unspecified atom stereocenters. The Kier molecular flexibility index (Phi) is 7.28. The monoisotopic (exact) mass is 294 g/mol. The van der Waals surface area contributed by atoms with Crippen molar-refractivity contribution in [1.29, 1.82) is 0 Å². The minimum Gasteiger partial charge on any atom is -0.356 e.